The van der Waals surface area contributed by atoms with Crippen LogP contribution in [-0.4, -0.2) is 14.9 Å². The van der Waals surface area contributed by atoms with E-state index in [4.69, 9.17) is 4.98 Å². The summed E-state index contributed by atoms with van der Waals surface area (Å²) in [4.78, 5) is 4.70. The maximum absolute atomic E-state index is 4.70. The Morgan fingerprint density at radius 2 is 2.12 bits per heavy atom. The largest absolute Gasteiger partial charge is 0.328 e. The SMILES string of the molecule is CCCc1nc2ccccc2n1CCCBr. The molecule has 3 heteroatoms. The third kappa shape index (κ3) is 2.29. The van der Waals surface area contributed by atoms with Gasteiger partial charge in [-0.2, -0.15) is 0 Å². The van der Waals surface area contributed by atoms with Gasteiger partial charge in [0.25, 0.3) is 0 Å². The van der Waals surface area contributed by atoms with Gasteiger partial charge in [-0.3, -0.25) is 0 Å². The van der Waals surface area contributed by atoms with E-state index in [1.54, 1.807) is 0 Å². The molecule has 16 heavy (non-hydrogen) atoms. The van der Waals surface area contributed by atoms with Gasteiger partial charge in [-0.1, -0.05) is 35.0 Å². The first-order valence-electron chi connectivity index (χ1n) is 5.87. The zero-order valence-corrected chi connectivity index (χ0v) is 11.2. The van der Waals surface area contributed by atoms with Gasteiger partial charge in [0.15, 0.2) is 0 Å². The predicted molar refractivity (Wildman–Crippen MR) is 72.1 cm³/mol. The smallest absolute Gasteiger partial charge is 0.109 e. The number of hydrogen-bond acceptors (Lipinski definition) is 1. The van der Waals surface area contributed by atoms with Gasteiger partial charge in [0.1, 0.15) is 5.82 Å². The van der Waals surface area contributed by atoms with Crippen LogP contribution in [-0.2, 0) is 13.0 Å². The lowest BCUT2D eigenvalue weighted by Crippen LogP contribution is -2.04. The number of aromatic nitrogens is 2. The number of benzene rings is 1. The van der Waals surface area contributed by atoms with E-state index in [1.165, 1.54) is 11.3 Å². The maximum Gasteiger partial charge on any atom is 0.109 e. The molecule has 0 N–H and O–H groups in total. The average Bonchev–Trinajstić information content (AvgIpc) is 2.65. The Bertz CT molecular complexity index is 462. The van der Waals surface area contributed by atoms with Crippen LogP contribution in [0.4, 0.5) is 0 Å². The number of hydrogen-bond donors (Lipinski definition) is 0. The molecule has 0 aliphatic rings. The molecule has 2 nitrogen and oxygen atoms in total. The minimum absolute atomic E-state index is 1.05. The van der Waals surface area contributed by atoms with E-state index >= 15 is 0 Å². The van der Waals surface area contributed by atoms with Gasteiger partial charge in [0.2, 0.25) is 0 Å². The Morgan fingerprint density at radius 1 is 1.31 bits per heavy atom. The van der Waals surface area contributed by atoms with E-state index < -0.39 is 0 Å². The van der Waals surface area contributed by atoms with Gasteiger partial charge in [0, 0.05) is 18.3 Å². The third-order valence-corrected chi connectivity index (χ3v) is 3.28. The van der Waals surface area contributed by atoms with Crippen molar-refractivity contribution in [1.82, 2.24) is 9.55 Å². The molecule has 2 aromatic rings. The second-order valence-corrected chi connectivity index (χ2v) is 4.75. The van der Waals surface area contributed by atoms with Crippen LogP contribution in [0.1, 0.15) is 25.6 Å². The molecule has 0 saturated carbocycles. The van der Waals surface area contributed by atoms with Gasteiger partial charge in [-0.05, 0) is 25.0 Å². The number of aryl methyl sites for hydroxylation is 2. The Hall–Kier alpha value is -0.830. The summed E-state index contributed by atoms with van der Waals surface area (Å²) in [5.41, 5.74) is 2.40. The lowest BCUT2D eigenvalue weighted by atomic mass is 10.3. The normalized spacial score (nSPS) is 11.1. The molecule has 1 heterocycles. The first-order valence-corrected chi connectivity index (χ1v) is 6.99. The van der Waals surface area contributed by atoms with Gasteiger partial charge in [-0.25, -0.2) is 4.98 Å². The van der Waals surface area contributed by atoms with Gasteiger partial charge in [-0.15, -0.1) is 0 Å². The van der Waals surface area contributed by atoms with E-state index in [9.17, 15) is 0 Å². The van der Waals surface area contributed by atoms with E-state index in [0.29, 0.717) is 0 Å². The summed E-state index contributed by atoms with van der Waals surface area (Å²) < 4.78 is 2.36. The number of fused-ring (bicyclic) bond motifs is 1. The van der Waals surface area contributed by atoms with Crippen LogP contribution in [0.25, 0.3) is 11.0 Å². The van der Waals surface area contributed by atoms with Gasteiger partial charge >= 0.3 is 0 Å². The summed E-state index contributed by atoms with van der Waals surface area (Å²) in [6.07, 6.45) is 3.37. The molecule has 0 saturated heterocycles. The van der Waals surface area contributed by atoms with E-state index in [0.717, 1.165) is 36.7 Å². The Labute approximate surface area is 105 Å². The molecule has 0 amide bonds. The minimum Gasteiger partial charge on any atom is -0.328 e. The first kappa shape index (κ1) is 11.6. The fourth-order valence-electron chi connectivity index (χ4n) is 2.01. The summed E-state index contributed by atoms with van der Waals surface area (Å²) in [6.45, 7) is 3.26. The van der Waals surface area contributed by atoms with Crippen molar-refractivity contribution in [3.63, 3.8) is 0 Å². The molecule has 0 aliphatic carbocycles. The number of alkyl halides is 1. The first-order chi connectivity index (χ1) is 7.86. The second kappa shape index (κ2) is 5.48. The number of imidazole rings is 1. The molecule has 0 aliphatic heterocycles. The van der Waals surface area contributed by atoms with Crippen LogP contribution in [0.15, 0.2) is 24.3 Å². The summed E-state index contributed by atoms with van der Waals surface area (Å²) in [7, 11) is 0. The standard InChI is InChI=1S/C13H17BrN2/c1-2-6-13-15-11-7-3-4-8-12(11)16(13)10-5-9-14/h3-4,7-8H,2,5-6,9-10H2,1H3. The highest BCUT2D eigenvalue weighted by atomic mass is 79.9. The Kier molecular flexibility index (Phi) is 3.99. The predicted octanol–water partition coefficient (Wildman–Crippen LogP) is 3.77. The lowest BCUT2D eigenvalue weighted by Gasteiger charge is -2.07. The number of para-hydroxylation sites is 2. The van der Waals surface area contributed by atoms with Crippen molar-refractivity contribution < 1.29 is 0 Å². The zero-order chi connectivity index (χ0) is 11.4. The van der Waals surface area contributed by atoms with Crippen LogP contribution in [0, 0.1) is 0 Å². The van der Waals surface area contributed by atoms with Crippen LogP contribution in [0.3, 0.4) is 0 Å². The topological polar surface area (TPSA) is 17.8 Å². The van der Waals surface area contributed by atoms with Crippen LogP contribution in [0.2, 0.25) is 0 Å². The molecule has 0 atom stereocenters. The summed E-state index contributed by atoms with van der Waals surface area (Å²) >= 11 is 3.49. The highest BCUT2D eigenvalue weighted by Crippen LogP contribution is 2.17. The van der Waals surface area contributed by atoms with Crippen molar-refractivity contribution in [3.05, 3.63) is 30.1 Å². The average molecular weight is 281 g/mol. The monoisotopic (exact) mass is 280 g/mol. The van der Waals surface area contributed by atoms with Crippen molar-refractivity contribution in [1.29, 1.82) is 0 Å². The molecule has 0 fully saturated rings. The third-order valence-electron chi connectivity index (χ3n) is 2.72. The minimum atomic E-state index is 1.05. The lowest BCUT2D eigenvalue weighted by molar-refractivity contribution is 0.651. The molecule has 86 valence electrons. The van der Waals surface area contributed by atoms with E-state index in [1.807, 2.05) is 0 Å². The fraction of sp³-hybridized carbons (Fsp3) is 0.462. The Balaban J connectivity index is 2.42. The van der Waals surface area contributed by atoms with Gasteiger partial charge < -0.3 is 4.57 Å². The zero-order valence-electron chi connectivity index (χ0n) is 9.62. The summed E-state index contributed by atoms with van der Waals surface area (Å²) in [6, 6.07) is 8.40. The molecular weight excluding hydrogens is 264 g/mol. The second-order valence-electron chi connectivity index (χ2n) is 3.96. The number of halogens is 1. The van der Waals surface area contributed by atoms with Crippen molar-refractivity contribution in [3.8, 4) is 0 Å². The Morgan fingerprint density at radius 3 is 2.88 bits per heavy atom. The molecule has 0 spiro atoms. The van der Waals surface area contributed by atoms with Gasteiger partial charge in [0.05, 0.1) is 11.0 Å². The molecule has 1 aromatic carbocycles. The molecule has 1 aromatic heterocycles. The number of rotatable bonds is 5. The van der Waals surface area contributed by atoms with Crippen molar-refractivity contribution >= 4 is 27.0 Å². The molecular formula is C13H17BrN2. The molecule has 2 rings (SSSR count). The van der Waals surface area contributed by atoms with Crippen LogP contribution in [0.5, 0.6) is 0 Å². The molecule has 0 bridgehead atoms. The van der Waals surface area contributed by atoms with E-state index in [2.05, 4.69) is 51.7 Å². The van der Waals surface area contributed by atoms with E-state index in [-0.39, 0.29) is 0 Å². The van der Waals surface area contributed by atoms with Crippen molar-refractivity contribution in [2.45, 2.75) is 32.7 Å². The molecule has 0 unspecified atom stereocenters. The maximum atomic E-state index is 4.70. The fourth-order valence-corrected chi connectivity index (χ4v) is 2.26. The highest BCUT2D eigenvalue weighted by molar-refractivity contribution is 9.09. The number of nitrogens with zero attached hydrogens (tertiary/aromatic N) is 2. The summed E-state index contributed by atoms with van der Waals surface area (Å²) in [5.74, 6) is 1.23. The summed E-state index contributed by atoms with van der Waals surface area (Å²) in [5, 5.41) is 1.05. The quantitative estimate of drug-likeness (QED) is 0.763. The highest BCUT2D eigenvalue weighted by Gasteiger charge is 2.08. The van der Waals surface area contributed by atoms with Crippen molar-refractivity contribution in [2.75, 3.05) is 5.33 Å². The molecule has 0 radical (unpaired) electrons. The van der Waals surface area contributed by atoms with Crippen LogP contribution >= 0.6 is 15.9 Å². The van der Waals surface area contributed by atoms with Crippen molar-refractivity contribution in [2.24, 2.45) is 0 Å². The van der Waals surface area contributed by atoms with Crippen LogP contribution < -0.4 is 0 Å².